The number of aryl methyl sites for hydroxylation is 1. The number of aliphatic hydroxyl groups is 1. The molecule has 8 nitrogen and oxygen atoms in total. The number of amides is 1. The maximum Gasteiger partial charge on any atom is 0.301 e. The van der Waals surface area contributed by atoms with Crippen LogP contribution in [0.2, 0.25) is 0 Å². The SMILES string of the molecule is COc1ccc2nc(N3C(=O)C(=O)C(=C(O)c4ccc(C)cc4)[C@@H]3c3cccc(OC)c3OC)sc2c1. The molecule has 2 heterocycles. The van der Waals surface area contributed by atoms with Crippen LogP contribution in [0, 0.1) is 6.92 Å². The minimum Gasteiger partial charge on any atom is -0.507 e. The summed E-state index contributed by atoms with van der Waals surface area (Å²) < 4.78 is 17.2. The molecule has 0 saturated carbocycles. The quantitative estimate of drug-likeness (QED) is 0.212. The Labute approximate surface area is 217 Å². The van der Waals surface area contributed by atoms with Crippen molar-refractivity contribution >= 4 is 44.1 Å². The van der Waals surface area contributed by atoms with Gasteiger partial charge in [0.05, 0.1) is 37.1 Å². The lowest BCUT2D eigenvalue weighted by molar-refractivity contribution is -0.132. The van der Waals surface area contributed by atoms with E-state index in [1.165, 1.54) is 30.5 Å². The number of aliphatic hydroxyl groups excluding tert-OH is 1. The number of anilines is 1. The molecule has 0 unspecified atom stereocenters. The van der Waals surface area contributed by atoms with Crippen LogP contribution < -0.4 is 19.1 Å². The molecule has 1 amide bonds. The van der Waals surface area contributed by atoms with Crippen LogP contribution in [0.4, 0.5) is 5.13 Å². The van der Waals surface area contributed by atoms with Gasteiger partial charge in [-0.3, -0.25) is 14.5 Å². The van der Waals surface area contributed by atoms with Gasteiger partial charge in [-0.2, -0.15) is 0 Å². The highest BCUT2D eigenvalue weighted by Gasteiger charge is 2.49. The molecule has 1 aliphatic rings. The van der Waals surface area contributed by atoms with E-state index >= 15 is 0 Å². The van der Waals surface area contributed by atoms with E-state index in [-0.39, 0.29) is 11.3 Å². The molecule has 9 heteroatoms. The summed E-state index contributed by atoms with van der Waals surface area (Å²) in [4.78, 5) is 33.0. The summed E-state index contributed by atoms with van der Waals surface area (Å²) >= 11 is 1.25. The predicted octanol–water partition coefficient (Wildman–Crippen LogP) is 5.26. The molecule has 0 spiro atoms. The zero-order valence-corrected chi connectivity index (χ0v) is 21.5. The Morgan fingerprint density at radius 3 is 2.41 bits per heavy atom. The highest BCUT2D eigenvalue weighted by atomic mass is 32.1. The van der Waals surface area contributed by atoms with Gasteiger partial charge in [-0.05, 0) is 31.2 Å². The smallest absolute Gasteiger partial charge is 0.301 e. The molecule has 188 valence electrons. The summed E-state index contributed by atoms with van der Waals surface area (Å²) in [6.45, 7) is 1.92. The Bertz CT molecular complexity index is 1560. The third kappa shape index (κ3) is 4.07. The van der Waals surface area contributed by atoms with Crippen LogP contribution in [0.15, 0.2) is 66.2 Å². The van der Waals surface area contributed by atoms with Gasteiger partial charge in [0, 0.05) is 11.1 Å². The number of carbonyl (C=O) groups excluding carboxylic acids is 2. The number of para-hydroxylation sites is 1. The van der Waals surface area contributed by atoms with Crippen LogP contribution in [-0.2, 0) is 9.59 Å². The second-order valence-electron chi connectivity index (χ2n) is 8.45. The third-order valence-corrected chi connectivity index (χ3v) is 7.31. The van der Waals surface area contributed by atoms with Crippen molar-refractivity contribution in [1.82, 2.24) is 4.98 Å². The molecule has 1 aromatic heterocycles. The van der Waals surface area contributed by atoms with E-state index in [4.69, 9.17) is 14.2 Å². The van der Waals surface area contributed by atoms with E-state index in [0.717, 1.165) is 10.3 Å². The van der Waals surface area contributed by atoms with Crippen molar-refractivity contribution in [3.63, 3.8) is 0 Å². The van der Waals surface area contributed by atoms with Crippen molar-refractivity contribution < 1.29 is 28.9 Å². The molecule has 1 aliphatic heterocycles. The summed E-state index contributed by atoms with van der Waals surface area (Å²) in [7, 11) is 4.56. The maximum absolute atomic E-state index is 13.5. The number of benzene rings is 3. The number of aromatic nitrogens is 1. The standard InChI is InChI=1S/C28H24N2O6S/c1-15-8-10-16(11-9-15)24(31)22-23(18-6-5-7-20(35-3)26(18)36-4)30(27(33)25(22)32)28-29-19-13-12-17(34-2)14-21(19)37-28/h5-14,23,31H,1-4H3/t23-/m0/s1. The van der Waals surface area contributed by atoms with Crippen molar-refractivity contribution in [3.05, 3.63) is 82.9 Å². The number of hydrogen-bond acceptors (Lipinski definition) is 8. The first-order valence-corrected chi connectivity index (χ1v) is 12.2. The fraction of sp³-hybridized carbons (Fsp3) is 0.179. The van der Waals surface area contributed by atoms with Gasteiger partial charge in [-0.15, -0.1) is 0 Å². The van der Waals surface area contributed by atoms with Crippen LogP contribution >= 0.6 is 11.3 Å². The van der Waals surface area contributed by atoms with E-state index in [1.807, 2.05) is 25.1 Å². The number of nitrogens with zero attached hydrogens (tertiary/aromatic N) is 2. The van der Waals surface area contributed by atoms with Crippen LogP contribution in [0.25, 0.3) is 16.0 Å². The van der Waals surface area contributed by atoms with Crippen molar-refractivity contribution in [1.29, 1.82) is 0 Å². The number of hydrogen-bond donors (Lipinski definition) is 1. The van der Waals surface area contributed by atoms with E-state index in [1.54, 1.807) is 49.6 Å². The highest BCUT2D eigenvalue weighted by Crippen LogP contribution is 2.48. The van der Waals surface area contributed by atoms with Gasteiger partial charge in [0.2, 0.25) is 0 Å². The van der Waals surface area contributed by atoms with Crippen molar-refractivity contribution in [2.45, 2.75) is 13.0 Å². The van der Waals surface area contributed by atoms with E-state index in [2.05, 4.69) is 4.98 Å². The number of rotatable bonds is 6. The summed E-state index contributed by atoms with van der Waals surface area (Å²) in [6, 6.07) is 16.7. The number of thiazole rings is 1. The molecule has 5 rings (SSSR count). The van der Waals surface area contributed by atoms with Crippen molar-refractivity contribution in [2.75, 3.05) is 26.2 Å². The minimum atomic E-state index is -1.01. The molecule has 37 heavy (non-hydrogen) atoms. The van der Waals surface area contributed by atoms with Gasteiger partial charge in [0.1, 0.15) is 17.6 Å². The fourth-order valence-corrected chi connectivity index (χ4v) is 5.46. The van der Waals surface area contributed by atoms with Gasteiger partial charge >= 0.3 is 5.91 Å². The molecule has 0 aliphatic carbocycles. The van der Waals surface area contributed by atoms with Crippen molar-refractivity contribution in [3.8, 4) is 17.2 Å². The monoisotopic (exact) mass is 516 g/mol. The second-order valence-corrected chi connectivity index (χ2v) is 9.46. The summed E-state index contributed by atoms with van der Waals surface area (Å²) in [5.74, 6) is -0.470. The van der Waals surface area contributed by atoms with Crippen LogP contribution in [0.1, 0.15) is 22.7 Å². The molecular weight excluding hydrogens is 492 g/mol. The molecule has 4 aromatic rings. The van der Waals surface area contributed by atoms with Gasteiger partial charge in [0.15, 0.2) is 16.6 Å². The molecule has 0 radical (unpaired) electrons. The van der Waals surface area contributed by atoms with Crippen molar-refractivity contribution in [2.24, 2.45) is 0 Å². The lowest BCUT2D eigenvalue weighted by atomic mass is 9.94. The molecule has 0 bridgehead atoms. The maximum atomic E-state index is 13.5. The van der Waals surface area contributed by atoms with E-state index in [0.29, 0.717) is 39.0 Å². The van der Waals surface area contributed by atoms with Crippen LogP contribution in [0.5, 0.6) is 17.2 Å². The topological polar surface area (TPSA) is 98.2 Å². The Morgan fingerprint density at radius 2 is 1.73 bits per heavy atom. The second kappa shape index (κ2) is 9.59. The van der Waals surface area contributed by atoms with Crippen LogP contribution in [-0.4, -0.2) is 43.1 Å². The van der Waals surface area contributed by atoms with Gasteiger partial charge in [0.25, 0.3) is 5.78 Å². The number of ketones is 1. The normalized spacial score (nSPS) is 16.9. The van der Waals surface area contributed by atoms with Crippen LogP contribution in [0.3, 0.4) is 0 Å². The number of carbonyl (C=O) groups is 2. The Morgan fingerprint density at radius 1 is 0.973 bits per heavy atom. The largest absolute Gasteiger partial charge is 0.507 e. The predicted molar refractivity (Wildman–Crippen MR) is 142 cm³/mol. The third-order valence-electron chi connectivity index (χ3n) is 6.29. The zero-order valence-electron chi connectivity index (χ0n) is 20.6. The first-order valence-electron chi connectivity index (χ1n) is 11.4. The zero-order chi connectivity index (χ0) is 26.3. The van der Waals surface area contributed by atoms with Gasteiger partial charge < -0.3 is 19.3 Å². The first kappa shape index (κ1) is 24.3. The molecule has 1 saturated heterocycles. The number of Topliss-reactive ketones (excluding diaryl/α,β-unsaturated/α-hetero) is 1. The molecule has 1 N–H and O–H groups in total. The lowest BCUT2D eigenvalue weighted by Crippen LogP contribution is -2.29. The Balaban J connectivity index is 1.77. The average molecular weight is 517 g/mol. The molecule has 1 atom stereocenters. The first-order chi connectivity index (χ1) is 17.9. The fourth-order valence-electron chi connectivity index (χ4n) is 4.44. The van der Waals surface area contributed by atoms with Gasteiger partial charge in [-0.25, -0.2) is 4.98 Å². The molecule has 1 fully saturated rings. The number of ether oxygens (including phenoxy) is 3. The number of fused-ring (bicyclic) bond motifs is 1. The minimum absolute atomic E-state index is 0.0581. The summed E-state index contributed by atoms with van der Waals surface area (Å²) in [5.41, 5.74) is 2.49. The average Bonchev–Trinajstić information content (AvgIpc) is 3.45. The Kier molecular flexibility index (Phi) is 6.31. The van der Waals surface area contributed by atoms with E-state index in [9.17, 15) is 14.7 Å². The lowest BCUT2D eigenvalue weighted by Gasteiger charge is -2.25. The number of methoxy groups -OCH3 is 3. The molecular formula is C28H24N2O6S. The summed E-state index contributed by atoms with van der Waals surface area (Å²) in [6.07, 6.45) is 0. The highest BCUT2D eigenvalue weighted by molar-refractivity contribution is 7.22. The van der Waals surface area contributed by atoms with E-state index < -0.39 is 17.7 Å². The van der Waals surface area contributed by atoms with Gasteiger partial charge in [-0.1, -0.05) is 53.3 Å². The molecule has 3 aromatic carbocycles. The summed E-state index contributed by atoms with van der Waals surface area (Å²) in [5, 5.41) is 11.7. The Hall–Kier alpha value is -4.37.